The Morgan fingerprint density at radius 1 is 1.48 bits per heavy atom. The van der Waals surface area contributed by atoms with Crippen molar-refractivity contribution < 1.29 is 27.8 Å². The standard InChI is InChI=1S/C18H20ClF3N2O3/c1-10-3-6-15-13(7-10)17(26,18(20,21)22)24(23-15)16(25)9-27-12-4-5-14(19)11(2)8-12/h4-5,8,10,13,26H,3,6-7,9H2,1-2H3/t10-,13-,17+/m0/s1. The number of carbonyl (C=O) groups excluding carboxylic acids is 1. The van der Waals surface area contributed by atoms with E-state index in [0.717, 1.165) is 0 Å². The quantitative estimate of drug-likeness (QED) is 0.830. The SMILES string of the molecule is Cc1cc(OCC(=O)N2N=C3CC[C@H](C)C[C@@H]3[C@@]2(O)C(F)(F)F)ccc1Cl. The van der Waals surface area contributed by atoms with E-state index in [2.05, 4.69) is 5.10 Å². The van der Waals surface area contributed by atoms with Crippen molar-refractivity contribution in [2.45, 2.75) is 45.0 Å². The normalized spacial score (nSPS) is 28.0. The fourth-order valence-electron chi connectivity index (χ4n) is 3.57. The average molecular weight is 405 g/mol. The van der Waals surface area contributed by atoms with Gasteiger partial charge in [0.25, 0.3) is 11.6 Å². The van der Waals surface area contributed by atoms with Gasteiger partial charge in [-0.15, -0.1) is 0 Å². The third-order valence-electron chi connectivity index (χ3n) is 5.12. The van der Waals surface area contributed by atoms with Crippen LogP contribution in [0.15, 0.2) is 23.3 Å². The minimum atomic E-state index is -5.04. The Hall–Kier alpha value is -1.80. The van der Waals surface area contributed by atoms with E-state index in [1.807, 2.05) is 6.92 Å². The topological polar surface area (TPSA) is 62.1 Å². The number of benzene rings is 1. The van der Waals surface area contributed by atoms with Crippen molar-refractivity contribution in [1.29, 1.82) is 0 Å². The van der Waals surface area contributed by atoms with Crippen LogP contribution < -0.4 is 4.74 Å². The summed E-state index contributed by atoms with van der Waals surface area (Å²) in [6.45, 7) is 2.88. The Morgan fingerprint density at radius 3 is 2.81 bits per heavy atom. The number of aliphatic hydroxyl groups is 1. The van der Waals surface area contributed by atoms with E-state index in [0.29, 0.717) is 29.2 Å². The Balaban J connectivity index is 1.81. The molecule has 0 bridgehead atoms. The fraction of sp³-hybridized carbons (Fsp3) is 0.556. The summed E-state index contributed by atoms with van der Waals surface area (Å²) in [4.78, 5) is 12.5. The Bertz CT molecular complexity index is 784. The number of hydrogen-bond donors (Lipinski definition) is 1. The van der Waals surface area contributed by atoms with Gasteiger partial charge in [0.05, 0.1) is 5.92 Å². The molecule has 1 aromatic carbocycles. The molecule has 1 aliphatic carbocycles. The van der Waals surface area contributed by atoms with Crippen LogP contribution in [-0.4, -0.2) is 40.2 Å². The lowest BCUT2D eigenvalue weighted by atomic mass is 9.76. The molecule has 0 radical (unpaired) electrons. The van der Waals surface area contributed by atoms with Crippen LogP contribution in [0.1, 0.15) is 31.7 Å². The van der Waals surface area contributed by atoms with Crippen molar-refractivity contribution in [3.63, 3.8) is 0 Å². The van der Waals surface area contributed by atoms with E-state index in [-0.39, 0.29) is 23.1 Å². The van der Waals surface area contributed by atoms with Crippen molar-refractivity contribution in [2.75, 3.05) is 6.61 Å². The van der Waals surface area contributed by atoms with Crippen LogP contribution >= 0.6 is 11.6 Å². The van der Waals surface area contributed by atoms with Crippen LogP contribution in [0.2, 0.25) is 5.02 Å². The number of amides is 1. The zero-order chi connectivity index (χ0) is 20.0. The highest BCUT2D eigenvalue weighted by atomic mass is 35.5. The van der Waals surface area contributed by atoms with E-state index in [1.165, 1.54) is 6.07 Å². The number of ether oxygens (including phenoxy) is 1. The molecule has 5 nitrogen and oxygen atoms in total. The minimum absolute atomic E-state index is 0.00571. The molecule has 1 aliphatic heterocycles. The summed E-state index contributed by atoms with van der Waals surface area (Å²) in [5.74, 6) is -2.01. The van der Waals surface area contributed by atoms with Crippen molar-refractivity contribution in [3.05, 3.63) is 28.8 Å². The Morgan fingerprint density at radius 2 is 2.19 bits per heavy atom. The molecule has 1 saturated carbocycles. The van der Waals surface area contributed by atoms with Crippen LogP contribution in [-0.2, 0) is 4.79 Å². The van der Waals surface area contributed by atoms with Gasteiger partial charge in [0.2, 0.25) is 0 Å². The molecule has 1 heterocycles. The molecular formula is C18H20ClF3N2O3. The van der Waals surface area contributed by atoms with Gasteiger partial charge in [-0.3, -0.25) is 4.79 Å². The first-order valence-corrected chi connectivity index (χ1v) is 9.00. The van der Waals surface area contributed by atoms with Crippen molar-refractivity contribution in [3.8, 4) is 5.75 Å². The lowest BCUT2D eigenvalue weighted by Crippen LogP contribution is -2.62. The highest BCUT2D eigenvalue weighted by molar-refractivity contribution is 6.31. The fourth-order valence-corrected chi connectivity index (χ4v) is 3.69. The molecule has 3 atom stereocenters. The number of fused-ring (bicyclic) bond motifs is 1. The Labute approximate surface area is 159 Å². The number of alkyl halides is 3. The average Bonchev–Trinajstić information content (AvgIpc) is 2.89. The lowest BCUT2D eigenvalue weighted by Gasteiger charge is -2.39. The van der Waals surface area contributed by atoms with E-state index in [9.17, 15) is 23.1 Å². The van der Waals surface area contributed by atoms with Crippen LogP contribution in [0, 0.1) is 18.8 Å². The first kappa shape index (κ1) is 19.9. The highest BCUT2D eigenvalue weighted by Crippen LogP contribution is 2.49. The number of hydrogen-bond acceptors (Lipinski definition) is 4. The van der Waals surface area contributed by atoms with E-state index < -0.39 is 30.3 Å². The minimum Gasteiger partial charge on any atom is -0.484 e. The van der Waals surface area contributed by atoms with Gasteiger partial charge >= 0.3 is 6.18 Å². The number of carbonyl (C=O) groups is 1. The first-order chi connectivity index (χ1) is 12.5. The zero-order valence-corrected chi connectivity index (χ0v) is 15.6. The number of hydrazone groups is 1. The summed E-state index contributed by atoms with van der Waals surface area (Å²) in [6.07, 6.45) is -3.92. The van der Waals surface area contributed by atoms with Gasteiger partial charge in [-0.25, -0.2) is 0 Å². The van der Waals surface area contributed by atoms with Gasteiger partial charge in [-0.1, -0.05) is 18.5 Å². The molecule has 3 rings (SSSR count). The van der Waals surface area contributed by atoms with Crippen LogP contribution in [0.4, 0.5) is 13.2 Å². The predicted molar refractivity (Wildman–Crippen MR) is 93.5 cm³/mol. The predicted octanol–water partition coefficient (Wildman–Crippen LogP) is 3.91. The Kier molecular flexibility index (Phi) is 5.16. The van der Waals surface area contributed by atoms with Gasteiger partial charge in [0, 0.05) is 10.7 Å². The third-order valence-corrected chi connectivity index (χ3v) is 5.54. The van der Waals surface area contributed by atoms with E-state index in [4.69, 9.17) is 16.3 Å². The summed E-state index contributed by atoms with van der Waals surface area (Å²) in [6, 6.07) is 4.65. The summed E-state index contributed by atoms with van der Waals surface area (Å²) in [7, 11) is 0. The molecule has 1 fully saturated rings. The second-order valence-electron chi connectivity index (χ2n) is 7.15. The van der Waals surface area contributed by atoms with Gasteiger partial charge in [-0.2, -0.15) is 23.3 Å². The molecule has 9 heteroatoms. The molecule has 27 heavy (non-hydrogen) atoms. The maximum atomic E-state index is 13.7. The zero-order valence-electron chi connectivity index (χ0n) is 14.9. The maximum absolute atomic E-state index is 13.7. The monoisotopic (exact) mass is 404 g/mol. The molecule has 1 N–H and O–H groups in total. The second kappa shape index (κ2) is 6.98. The first-order valence-electron chi connectivity index (χ1n) is 8.62. The van der Waals surface area contributed by atoms with Crippen LogP contribution in [0.3, 0.4) is 0 Å². The smallest absolute Gasteiger partial charge is 0.439 e. The molecule has 0 unspecified atom stereocenters. The molecule has 148 valence electrons. The van der Waals surface area contributed by atoms with Gasteiger partial charge in [0.15, 0.2) is 6.61 Å². The van der Waals surface area contributed by atoms with Gasteiger partial charge in [-0.05, 0) is 55.9 Å². The maximum Gasteiger partial charge on any atom is 0.439 e. The molecule has 0 spiro atoms. The van der Waals surface area contributed by atoms with Crippen molar-refractivity contribution >= 4 is 23.2 Å². The largest absolute Gasteiger partial charge is 0.484 e. The summed E-state index contributed by atoms with van der Waals surface area (Å²) in [5.41, 5.74) is -2.42. The van der Waals surface area contributed by atoms with Crippen LogP contribution in [0.25, 0.3) is 0 Å². The number of nitrogens with zero attached hydrogens (tertiary/aromatic N) is 2. The number of aryl methyl sites for hydroxylation is 1. The second-order valence-corrected chi connectivity index (χ2v) is 7.56. The molecule has 0 aromatic heterocycles. The molecule has 1 aromatic rings. The highest BCUT2D eigenvalue weighted by Gasteiger charge is 2.68. The summed E-state index contributed by atoms with van der Waals surface area (Å²) in [5, 5.41) is 15.0. The molecule has 0 saturated heterocycles. The molecule has 1 amide bonds. The van der Waals surface area contributed by atoms with Gasteiger partial charge < -0.3 is 9.84 Å². The van der Waals surface area contributed by atoms with Crippen molar-refractivity contribution in [1.82, 2.24) is 5.01 Å². The summed E-state index contributed by atoms with van der Waals surface area (Å²) >= 11 is 5.91. The molecular weight excluding hydrogens is 385 g/mol. The number of rotatable bonds is 3. The molecule has 2 aliphatic rings. The van der Waals surface area contributed by atoms with E-state index in [1.54, 1.807) is 19.1 Å². The lowest BCUT2D eigenvalue weighted by molar-refractivity contribution is -0.318. The number of halogens is 4. The van der Waals surface area contributed by atoms with Crippen LogP contribution in [0.5, 0.6) is 5.75 Å². The van der Waals surface area contributed by atoms with E-state index >= 15 is 0 Å². The van der Waals surface area contributed by atoms with Crippen molar-refractivity contribution in [2.24, 2.45) is 16.9 Å². The summed E-state index contributed by atoms with van der Waals surface area (Å²) < 4.78 is 46.5. The van der Waals surface area contributed by atoms with Gasteiger partial charge in [0.1, 0.15) is 5.75 Å². The third kappa shape index (κ3) is 3.52.